The van der Waals surface area contributed by atoms with Crippen LogP contribution >= 0.6 is 23.2 Å². The van der Waals surface area contributed by atoms with Crippen LogP contribution in [0.4, 0.5) is 14.9 Å². The van der Waals surface area contributed by atoms with Crippen molar-refractivity contribution in [2.75, 3.05) is 12.0 Å². The maximum Gasteiger partial charge on any atom is 0.339 e. The van der Waals surface area contributed by atoms with Gasteiger partial charge in [-0.05, 0) is 72.3 Å². The number of benzene rings is 3. The first-order chi connectivity index (χ1) is 17.5. The lowest BCUT2D eigenvalue weighted by Crippen LogP contribution is -2.54. The number of rotatable bonds is 6. The van der Waals surface area contributed by atoms with E-state index in [9.17, 15) is 27.2 Å². The van der Waals surface area contributed by atoms with Gasteiger partial charge in [0.2, 0.25) is 5.75 Å². The summed E-state index contributed by atoms with van der Waals surface area (Å²) in [6.45, 7) is 0. The molecule has 3 aromatic carbocycles. The van der Waals surface area contributed by atoms with Crippen LogP contribution in [-0.4, -0.2) is 33.4 Å². The second-order valence-electron chi connectivity index (χ2n) is 7.46. The molecule has 1 saturated heterocycles. The van der Waals surface area contributed by atoms with Crippen LogP contribution in [0.25, 0.3) is 6.08 Å². The van der Waals surface area contributed by atoms with E-state index in [-0.39, 0.29) is 32.7 Å². The second-order valence-corrected chi connectivity index (χ2v) is 9.85. The highest BCUT2D eigenvalue weighted by atomic mass is 35.5. The van der Waals surface area contributed by atoms with Crippen molar-refractivity contribution in [1.82, 2.24) is 5.32 Å². The van der Waals surface area contributed by atoms with Gasteiger partial charge in [-0.2, -0.15) is 8.42 Å². The van der Waals surface area contributed by atoms with Crippen molar-refractivity contribution >= 4 is 62.9 Å². The Labute approximate surface area is 220 Å². The number of nitrogens with one attached hydrogen (secondary N) is 1. The van der Waals surface area contributed by atoms with E-state index in [0.717, 1.165) is 18.2 Å². The minimum atomic E-state index is -4.32. The highest BCUT2D eigenvalue weighted by Gasteiger charge is 2.37. The summed E-state index contributed by atoms with van der Waals surface area (Å²) >= 11 is 12.1. The van der Waals surface area contributed by atoms with E-state index in [1.807, 2.05) is 5.32 Å². The Balaban J connectivity index is 1.69. The fraction of sp³-hybridized carbons (Fsp3) is 0.0417. The lowest BCUT2D eigenvalue weighted by atomic mass is 10.1. The van der Waals surface area contributed by atoms with E-state index in [1.165, 1.54) is 55.6 Å². The molecule has 1 heterocycles. The summed E-state index contributed by atoms with van der Waals surface area (Å²) in [5, 5.41) is 2.16. The Hall–Kier alpha value is -3.93. The summed E-state index contributed by atoms with van der Waals surface area (Å²) in [5.41, 5.74) is -0.247. The quantitative estimate of drug-likeness (QED) is 0.264. The smallest absolute Gasteiger partial charge is 0.339 e. The third-order valence-corrected chi connectivity index (χ3v) is 6.81. The predicted molar refractivity (Wildman–Crippen MR) is 133 cm³/mol. The normalized spacial score (nSPS) is 15.1. The third kappa shape index (κ3) is 5.43. The minimum absolute atomic E-state index is 0.0362. The van der Waals surface area contributed by atoms with Gasteiger partial charge in [-0.25, -0.2) is 14.1 Å². The van der Waals surface area contributed by atoms with Crippen LogP contribution in [0.5, 0.6) is 11.5 Å². The Morgan fingerprint density at radius 2 is 1.62 bits per heavy atom. The summed E-state index contributed by atoms with van der Waals surface area (Å²) < 4.78 is 49.1. The zero-order valence-corrected chi connectivity index (χ0v) is 21.0. The molecule has 190 valence electrons. The summed E-state index contributed by atoms with van der Waals surface area (Å²) in [5.74, 6) is -2.98. The molecule has 4 rings (SSSR count). The molecule has 13 heteroatoms. The molecule has 1 N–H and O–H groups in total. The van der Waals surface area contributed by atoms with Crippen LogP contribution in [0, 0.1) is 5.82 Å². The van der Waals surface area contributed by atoms with Crippen molar-refractivity contribution < 1.29 is 36.1 Å². The largest absolute Gasteiger partial charge is 0.493 e. The molecule has 1 aliphatic heterocycles. The topological polar surface area (TPSA) is 119 Å². The highest BCUT2D eigenvalue weighted by molar-refractivity contribution is 7.87. The Morgan fingerprint density at radius 3 is 2.24 bits per heavy atom. The van der Waals surface area contributed by atoms with Crippen LogP contribution in [0.2, 0.25) is 10.0 Å². The van der Waals surface area contributed by atoms with Crippen molar-refractivity contribution in [1.29, 1.82) is 0 Å². The SMILES string of the molecule is COc1cc(/C=C2\C(=O)NC(=O)N(c3ccc(F)cc3)C2=O)cc(Cl)c1OS(=O)(=O)c1ccc(Cl)cc1. The Morgan fingerprint density at radius 1 is 0.973 bits per heavy atom. The molecule has 3 aromatic rings. The lowest BCUT2D eigenvalue weighted by molar-refractivity contribution is -0.122. The van der Waals surface area contributed by atoms with Gasteiger partial charge in [-0.3, -0.25) is 14.9 Å². The van der Waals surface area contributed by atoms with Gasteiger partial charge >= 0.3 is 16.1 Å². The Kier molecular flexibility index (Phi) is 7.21. The molecule has 37 heavy (non-hydrogen) atoms. The fourth-order valence-corrected chi connectivity index (χ4v) is 4.70. The van der Waals surface area contributed by atoms with Gasteiger partial charge in [-0.1, -0.05) is 23.2 Å². The van der Waals surface area contributed by atoms with Crippen LogP contribution in [0.1, 0.15) is 5.56 Å². The molecular weight excluding hydrogens is 550 g/mol. The molecule has 0 saturated carbocycles. The molecule has 1 fully saturated rings. The zero-order chi connectivity index (χ0) is 26.9. The molecule has 0 bridgehead atoms. The number of imide groups is 2. The van der Waals surface area contributed by atoms with E-state index in [4.69, 9.17) is 32.1 Å². The summed E-state index contributed by atoms with van der Waals surface area (Å²) in [6.07, 6.45) is 1.13. The summed E-state index contributed by atoms with van der Waals surface area (Å²) in [7, 11) is -3.08. The molecule has 0 radical (unpaired) electrons. The van der Waals surface area contributed by atoms with Crippen LogP contribution in [0.3, 0.4) is 0 Å². The number of methoxy groups -OCH3 is 1. The monoisotopic (exact) mass is 564 g/mol. The molecule has 1 aliphatic rings. The van der Waals surface area contributed by atoms with Crippen LogP contribution < -0.4 is 19.1 Å². The molecule has 0 atom stereocenters. The fourth-order valence-electron chi connectivity index (χ4n) is 3.31. The Bertz CT molecular complexity index is 1560. The van der Waals surface area contributed by atoms with Gasteiger partial charge in [0.05, 0.1) is 17.8 Å². The third-order valence-electron chi connectivity index (χ3n) is 5.04. The number of barbiturate groups is 1. The molecule has 0 aliphatic carbocycles. The molecule has 0 unspecified atom stereocenters. The summed E-state index contributed by atoms with van der Waals surface area (Å²) in [6, 6.07) is 11.3. The number of carbonyl (C=O) groups excluding carboxylic acids is 3. The van der Waals surface area contributed by atoms with E-state index in [1.54, 1.807) is 0 Å². The predicted octanol–water partition coefficient (Wildman–Crippen LogP) is 4.58. The number of halogens is 3. The minimum Gasteiger partial charge on any atom is -0.493 e. The van der Waals surface area contributed by atoms with Crippen molar-refractivity contribution in [3.05, 3.63) is 87.7 Å². The molecular formula is C24H15Cl2FN2O7S. The van der Waals surface area contributed by atoms with E-state index in [2.05, 4.69) is 0 Å². The zero-order valence-electron chi connectivity index (χ0n) is 18.7. The van der Waals surface area contributed by atoms with Crippen molar-refractivity contribution in [2.45, 2.75) is 4.90 Å². The average molecular weight is 565 g/mol. The first-order valence-corrected chi connectivity index (χ1v) is 12.4. The van der Waals surface area contributed by atoms with Crippen LogP contribution in [-0.2, 0) is 19.7 Å². The van der Waals surface area contributed by atoms with Crippen molar-refractivity contribution in [3.8, 4) is 11.5 Å². The average Bonchev–Trinajstić information content (AvgIpc) is 2.84. The highest BCUT2D eigenvalue weighted by Crippen LogP contribution is 2.39. The number of carbonyl (C=O) groups is 3. The van der Waals surface area contributed by atoms with Gasteiger partial charge in [-0.15, -0.1) is 0 Å². The maximum atomic E-state index is 13.3. The first-order valence-electron chi connectivity index (χ1n) is 10.2. The van der Waals surface area contributed by atoms with Crippen molar-refractivity contribution in [3.63, 3.8) is 0 Å². The second kappa shape index (κ2) is 10.2. The molecule has 4 amide bonds. The first kappa shape index (κ1) is 26.1. The standard InChI is InChI=1S/C24H15Cl2FN2O7S/c1-35-20-12-13(11-19(26)21(20)36-37(33,34)17-8-2-14(25)3-9-17)10-18-22(30)28-24(32)29(23(18)31)16-6-4-15(27)5-7-16/h2-12H,1H3,(H,28,30,32)/b18-10+. The van der Waals surface area contributed by atoms with E-state index < -0.39 is 39.4 Å². The van der Waals surface area contributed by atoms with E-state index >= 15 is 0 Å². The van der Waals surface area contributed by atoms with Crippen molar-refractivity contribution in [2.24, 2.45) is 0 Å². The number of hydrogen-bond acceptors (Lipinski definition) is 7. The number of anilines is 1. The van der Waals surface area contributed by atoms with Gasteiger partial charge in [0.15, 0.2) is 5.75 Å². The molecule has 0 spiro atoms. The van der Waals surface area contributed by atoms with Gasteiger partial charge in [0.1, 0.15) is 16.3 Å². The maximum absolute atomic E-state index is 13.3. The number of nitrogens with zero attached hydrogens (tertiary/aromatic N) is 1. The number of ether oxygens (including phenoxy) is 1. The number of amides is 4. The lowest BCUT2D eigenvalue weighted by Gasteiger charge is -2.26. The number of urea groups is 1. The summed E-state index contributed by atoms with van der Waals surface area (Å²) in [4.78, 5) is 38.2. The van der Waals surface area contributed by atoms with Gasteiger partial charge in [0.25, 0.3) is 11.8 Å². The molecule has 0 aromatic heterocycles. The van der Waals surface area contributed by atoms with E-state index in [0.29, 0.717) is 9.92 Å². The van der Waals surface area contributed by atoms with Crippen LogP contribution in [0.15, 0.2) is 71.1 Å². The van der Waals surface area contributed by atoms with Gasteiger partial charge < -0.3 is 8.92 Å². The number of hydrogen-bond donors (Lipinski definition) is 1. The van der Waals surface area contributed by atoms with Gasteiger partial charge in [0, 0.05) is 5.02 Å². The molecule has 9 nitrogen and oxygen atoms in total.